The van der Waals surface area contributed by atoms with Crippen molar-refractivity contribution in [2.24, 2.45) is 0 Å². The largest absolute Gasteiger partial charge is 0.444 e. The molecule has 1 N–H and O–H groups in total. The monoisotopic (exact) mass is 448 g/mol. The predicted molar refractivity (Wildman–Crippen MR) is 120 cm³/mol. The van der Waals surface area contributed by atoms with Crippen molar-refractivity contribution in [1.29, 1.82) is 0 Å². The normalized spacial score (nSPS) is 28.9. The Labute approximate surface area is 190 Å². The van der Waals surface area contributed by atoms with E-state index in [2.05, 4.69) is 24.3 Å². The fourth-order valence-electron chi connectivity index (χ4n) is 4.92. The van der Waals surface area contributed by atoms with E-state index in [1.54, 1.807) is 20.8 Å². The lowest BCUT2D eigenvalue weighted by Crippen LogP contribution is -2.66. The van der Waals surface area contributed by atoms with Gasteiger partial charge in [0, 0.05) is 17.9 Å². The summed E-state index contributed by atoms with van der Waals surface area (Å²) in [5.74, 6) is 0.499. The third kappa shape index (κ3) is 5.59. The zero-order valence-corrected chi connectivity index (χ0v) is 19.4. The van der Waals surface area contributed by atoms with Gasteiger partial charge in [-0.15, -0.1) is 0 Å². The van der Waals surface area contributed by atoms with Gasteiger partial charge < -0.3 is 14.6 Å². The number of aliphatic hydroxyl groups is 1. The van der Waals surface area contributed by atoms with E-state index in [4.69, 9.17) is 9.47 Å². The first-order valence-electron chi connectivity index (χ1n) is 11.6. The van der Waals surface area contributed by atoms with Gasteiger partial charge in [0.25, 0.3) is 5.54 Å². The van der Waals surface area contributed by atoms with Crippen molar-refractivity contribution in [2.75, 3.05) is 19.8 Å². The highest BCUT2D eigenvalue weighted by molar-refractivity contribution is 5.69. The Kier molecular flexibility index (Phi) is 7.77. The second-order valence-corrected chi connectivity index (χ2v) is 10.0. The molecule has 1 amide bonds. The van der Waals surface area contributed by atoms with E-state index in [1.165, 1.54) is 10.5 Å². The van der Waals surface area contributed by atoms with E-state index in [-0.39, 0.29) is 19.1 Å². The van der Waals surface area contributed by atoms with Gasteiger partial charge in [0.1, 0.15) is 18.2 Å². The van der Waals surface area contributed by atoms with Crippen molar-refractivity contribution in [3.63, 3.8) is 0 Å². The van der Waals surface area contributed by atoms with Gasteiger partial charge in [-0.3, -0.25) is 15.0 Å². The molecule has 0 aromatic heterocycles. The van der Waals surface area contributed by atoms with E-state index in [0.29, 0.717) is 18.9 Å². The Balaban J connectivity index is 1.68. The third-order valence-electron chi connectivity index (χ3n) is 6.71. The van der Waals surface area contributed by atoms with Crippen molar-refractivity contribution in [3.8, 4) is 0 Å². The Morgan fingerprint density at radius 1 is 1.22 bits per heavy atom. The number of nitro groups is 1. The molecule has 2 aliphatic rings. The van der Waals surface area contributed by atoms with Crippen molar-refractivity contribution >= 4 is 6.09 Å². The minimum absolute atomic E-state index is 0.0134. The topological polar surface area (TPSA) is 102 Å². The van der Waals surface area contributed by atoms with Gasteiger partial charge in [-0.1, -0.05) is 30.3 Å². The molecule has 0 spiro atoms. The number of hydrogen-bond acceptors (Lipinski definition) is 6. The summed E-state index contributed by atoms with van der Waals surface area (Å²) in [6.45, 7) is 5.00. The molecule has 1 aliphatic carbocycles. The van der Waals surface area contributed by atoms with E-state index in [9.17, 15) is 20.0 Å². The van der Waals surface area contributed by atoms with E-state index >= 15 is 0 Å². The molecule has 1 saturated carbocycles. The van der Waals surface area contributed by atoms with Crippen molar-refractivity contribution in [1.82, 2.24) is 4.90 Å². The molecule has 1 aromatic carbocycles. The quantitative estimate of drug-likeness (QED) is 0.518. The van der Waals surface area contributed by atoms with Crippen molar-refractivity contribution < 1.29 is 24.3 Å². The Morgan fingerprint density at radius 2 is 1.88 bits per heavy atom. The molecule has 3 rings (SSSR count). The molecule has 1 aromatic rings. The van der Waals surface area contributed by atoms with Crippen LogP contribution in [0.15, 0.2) is 30.3 Å². The fourth-order valence-corrected chi connectivity index (χ4v) is 4.92. The molecule has 1 saturated heterocycles. The number of piperidine rings is 1. The number of carbonyl (C=O) groups is 1. The maximum Gasteiger partial charge on any atom is 0.410 e. The van der Waals surface area contributed by atoms with Crippen LogP contribution in [-0.2, 0) is 9.47 Å². The highest BCUT2D eigenvalue weighted by Crippen LogP contribution is 2.36. The number of rotatable bonds is 6. The van der Waals surface area contributed by atoms with Crippen LogP contribution in [0.25, 0.3) is 0 Å². The number of amides is 1. The summed E-state index contributed by atoms with van der Waals surface area (Å²) in [5, 5.41) is 22.1. The van der Waals surface area contributed by atoms with Crippen LogP contribution in [0.5, 0.6) is 0 Å². The molecule has 2 atom stereocenters. The number of hydrogen-bond donors (Lipinski definition) is 1. The molecule has 0 radical (unpaired) electrons. The summed E-state index contributed by atoms with van der Waals surface area (Å²) < 4.78 is 11.7. The van der Waals surface area contributed by atoms with Gasteiger partial charge in [0.15, 0.2) is 0 Å². The lowest BCUT2D eigenvalue weighted by Gasteiger charge is -2.43. The molecule has 8 heteroatoms. The zero-order chi connectivity index (χ0) is 23.4. The summed E-state index contributed by atoms with van der Waals surface area (Å²) in [5.41, 5.74) is -1.02. The molecular formula is C24H36N2O6. The number of benzene rings is 1. The highest BCUT2D eigenvalue weighted by Gasteiger charge is 2.56. The average molecular weight is 449 g/mol. The molecule has 1 heterocycles. The lowest BCUT2D eigenvalue weighted by molar-refractivity contribution is -0.587. The maximum atomic E-state index is 12.8. The van der Waals surface area contributed by atoms with Crippen LogP contribution in [0.3, 0.4) is 0 Å². The first-order valence-corrected chi connectivity index (χ1v) is 11.6. The second-order valence-electron chi connectivity index (χ2n) is 10.0. The minimum atomic E-state index is -1.64. The molecule has 2 unspecified atom stereocenters. The van der Waals surface area contributed by atoms with Gasteiger partial charge in [-0.25, -0.2) is 4.79 Å². The molecule has 1 aliphatic heterocycles. The highest BCUT2D eigenvalue weighted by atomic mass is 16.6. The molecular weight excluding hydrogens is 412 g/mol. The number of nitrogens with zero attached hydrogens (tertiary/aromatic N) is 2. The van der Waals surface area contributed by atoms with Gasteiger partial charge in [0.05, 0.1) is 12.7 Å². The first kappa shape index (κ1) is 24.5. The van der Waals surface area contributed by atoms with E-state index < -0.39 is 34.8 Å². The predicted octanol–water partition coefficient (Wildman–Crippen LogP) is 4.14. The SMILES string of the molecule is CC(C)(C)OC(=O)N1CCCC(CO)([N+](=O)[O-])C1COC1CCC(c2ccccc2)CC1. The maximum absolute atomic E-state index is 12.8. The molecule has 8 nitrogen and oxygen atoms in total. The molecule has 178 valence electrons. The van der Waals surface area contributed by atoms with E-state index in [0.717, 1.165) is 25.7 Å². The molecule has 2 fully saturated rings. The summed E-state index contributed by atoms with van der Waals surface area (Å²) in [6.07, 6.45) is 3.74. The van der Waals surface area contributed by atoms with Crippen LogP contribution in [0.2, 0.25) is 0 Å². The van der Waals surface area contributed by atoms with Crippen molar-refractivity contribution in [2.45, 2.75) is 88.5 Å². The van der Waals surface area contributed by atoms with Crippen LogP contribution >= 0.6 is 0 Å². The van der Waals surface area contributed by atoms with Crippen LogP contribution in [-0.4, -0.2) is 64.1 Å². The number of aliphatic hydroxyl groups excluding tert-OH is 1. The third-order valence-corrected chi connectivity index (χ3v) is 6.71. The minimum Gasteiger partial charge on any atom is -0.444 e. The Morgan fingerprint density at radius 3 is 2.44 bits per heavy atom. The van der Waals surface area contributed by atoms with Gasteiger partial charge in [-0.2, -0.15) is 0 Å². The Hall–Kier alpha value is -2.19. The lowest BCUT2D eigenvalue weighted by atomic mass is 9.81. The standard InChI is InChI=1S/C24H36N2O6/c1-23(2,3)32-22(28)25-15-7-14-24(17-27,26(29)30)21(25)16-31-20-12-10-19(11-13-20)18-8-5-4-6-9-18/h4-6,8-9,19-21,27H,7,10-17H2,1-3H3. The van der Waals surface area contributed by atoms with Gasteiger partial charge in [-0.05, 0) is 64.4 Å². The molecule has 0 bridgehead atoms. The van der Waals surface area contributed by atoms with Crippen molar-refractivity contribution in [3.05, 3.63) is 46.0 Å². The zero-order valence-electron chi connectivity index (χ0n) is 19.4. The van der Waals surface area contributed by atoms with Crippen LogP contribution in [0, 0.1) is 10.1 Å². The van der Waals surface area contributed by atoms with Crippen LogP contribution in [0.1, 0.15) is 70.8 Å². The van der Waals surface area contributed by atoms with Gasteiger partial charge in [0.2, 0.25) is 0 Å². The number of likely N-dealkylation sites (tertiary alicyclic amines) is 1. The number of ether oxygens (including phenoxy) is 2. The molecule has 32 heavy (non-hydrogen) atoms. The van der Waals surface area contributed by atoms with Gasteiger partial charge >= 0.3 is 6.09 Å². The summed E-state index contributed by atoms with van der Waals surface area (Å²) >= 11 is 0. The average Bonchev–Trinajstić information content (AvgIpc) is 2.77. The fraction of sp³-hybridized carbons (Fsp3) is 0.708. The second kappa shape index (κ2) is 10.2. The Bertz CT molecular complexity index is 772. The summed E-state index contributed by atoms with van der Waals surface area (Å²) in [4.78, 5) is 25.8. The summed E-state index contributed by atoms with van der Waals surface area (Å²) in [6, 6.07) is 9.55. The van der Waals surface area contributed by atoms with Crippen LogP contribution < -0.4 is 0 Å². The smallest absolute Gasteiger partial charge is 0.410 e. The van der Waals surface area contributed by atoms with E-state index in [1.807, 2.05) is 6.07 Å². The number of carbonyl (C=O) groups excluding carboxylic acids is 1. The first-order chi connectivity index (χ1) is 15.2. The summed E-state index contributed by atoms with van der Waals surface area (Å²) in [7, 11) is 0. The van der Waals surface area contributed by atoms with Crippen LogP contribution in [0.4, 0.5) is 4.79 Å².